The van der Waals surface area contributed by atoms with Gasteiger partial charge in [-0.1, -0.05) is 13.0 Å². The van der Waals surface area contributed by atoms with Crippen LogP contribution in [0.2, 0.25) is 0 Å². The first-order valence-electron chi connectivity index (χ1n) is 11.5. The van der Waals surface area contributed by atoms with E-state index in [0.29, 0.717) is 13.0 Å². The Bertz CT molecular complexity index is 1060. The van der Waals surface area contributed by atoms with Gasteiger partial charge in [0.15, 0.2) is 5.65 Å². The molecule has 7 nitrogen and oxygen atoms in total. The zero-order valence-corrected chi connectivity index (χ0v) is 19.3. The van der Waals surface area contributed by atoms with Crippen LogP contribution >= 0.6 is 0 Å². The van der Waals surface area contributed by atoms with Gasteiger partial charge in [0.25, 0.3) is 0 Å². The highest BCUT2D eigenvalue weighted by Gasteiger charge is 2.26. The first-order chi connectivity index (χ1) is 15.6. The number of methoxy groups -OCH3 is 1. The molecule has 3 heterocycles. The largest absolute Gasteiger partial charge is 0.497 e. The molecule has 170 valence electrons. The Balaban J connectivity index is 1.38. The number of likely N-dealkylation sites (tertiary alicyclic amines) is 1. The minimum atomic E-state index is 0.210. The second-order valence-corrected chi connectivity index (χ2v) is 8.57. The summed E-state index contributed by atoms with van der Waals surface area (Å²) in [7, 11) is 3.68. The Kier molecular flexibility index (Phi) is 6.93. The van der Waals surface area contributed by atoms with Crippen molar-refractivity contribution in [1.82, 2.24) is 19.7 Å². The third-order valence-electron chi connectivity index (χ3n) is 6.29. The number of carbonyl (C=O) groups excluding carboxylic acids is 1. The minimum absolute atomic E-state index is 0.210. The Morgan fingerprint density at radius 1 is 1.28 bits per heavy atom. The average Bonchev–Trinajstić information content (AvgIpc) is 3.24. The summed E-state index contributed by atoms with van der Waals surface area (Å²) < 4.78 is 7.29. The molecule has 0 N–H and O–H groups in total. The van der Waals surface area contributed by atoms with E-state index in [4.69, 9.17) is 9.72 Å². The molecule has 4 rings (SSSR count). The van der Waals surface area contributed by atoms with E-state index in [0.717, 1.165) is 67.1 Å². The van der Waals surface area contributed by atoms with E-state index < -0.39 is 0 Å². The Morgan fingerprint density at radius 3 is 2.97 bits per heavy atom. The summed E-state index contributed by atoms with van der Waals surface area (Å²) in [6.07, 6.45) is 5.48. The molecule has 32 heavy (non-hydrogen) atoms. The standard InChI is InChI=1S/C25H33N5O2/c1-4-13-30-25-19(17-26-30)10-11-23(27-25)20-7-6-14-29(18-20)24(31)12-15-28(2)21-8-5-9-22(16-21)32-3/h5,8-11,16-17,20H,4,6-7,12-15,18H2,1-3H3/t20-/m0/s1. The van der Waals surface area contributed by atoms with Gasteiger partial charge in [-0.25, -0.2) is 9.67 Å². The van der Waals surface area contributed by atoms with Crippen LogP contribution in [0.4, 0.5) is 5.69 Å². The fraction of sp³-hybridized carbons (Fsp3) is 0.480. The summed E-state index contributed by atoms with van der Waals surface area (Å²) in [5.41, 5.74) is 3.07. The molecule has 1 amide bonds. The fourth-order valence-electron chi connectivity index (χ4n) is 4.41. The number of anilines is 1. The highest BCUT2D eigenvalue weighted by molar-refractivity contribution is 5.77. The van der Waals surface area contributed by atoms with Crippen LogP contribution in [0.5, 0.6) is 5.75 Å². The third-order valence-corrected chi connectivity index (χ3v) is 6.29. The number of fused-ring (bicyclic) bond motifs is 1. The predicted molar refractivity (Wildman–Crippen MR) is 127 cm³/mol. The zero-order valence-electron chi connectivity index (χ0n) is 19.3. The van der Waals surface area contributed by atoms with Crippen LogP contribution in [0, 0.1) is 0 Å². The number of aryl methyl sites for hydroxylation is 1. The molecule has 0 saturated carbocycles. The van der Waals surface area contributed by atoms with Crippen LogP contribution in [0.3, 0.4) is 0 Å². The predicted octanol–water partition coefficient (Wildman–Crippen LogP) is 4.08. The van der Waals surface area contributed by atoms with Gasteiger partial charge < -0.3 is 14.5 Å². The number of carbonyl (C=O) groups is 1. The van der Waals surface area contributed by atoms with E-state index >= 15 is 0 Å². The maximum absolute atomic E-state index is 13.0. The minimum Gasteiger partial charge on any atom is -0.497 e. The molecule has 1 saturated heterocycles. The van der Waals surface area contributed by atoms with Crippen molar-refractivity contribution >= 4 is 22.6 Å². The lowest BCUT2D eigenvalue weighted by molar-refractivity contribution is -0.132. The molecule has 1 fully saturated rings. The number of pyridine rings is 1. The van der Waals surface area contributed by atoms with Crippen LogP contribution in [0.25, 0.3) is 11.0 Å². The van der Waals surface area contributed by atoms with Crippen molar-refractivity contribution in [2.75, 3.05) is 38.7 Å². The Hall–Kier alpha value is -3.09. The summed E-state index contributed by atoms with van der Waals surface area (Å²) in [5, 5.41) is 5.54. The number of piperidine rings is 1. The molecule has 0 aliphatic carbocycles. The van der Waals surface area contributed by atoms with E-state index in [1.807, 2.05) is 47.1 Å². The van der Waals surface area contributed by atoms with Gasteiger partial charge in [0.1, 0.15) is 5.75 Å². The van der Waals surface area contributed by atoms with E-state index in [9.17, 15) is 4.79 Å². The quantitative estimate of drug-likeness (QED) is 0.533. The highest BCUT2D eigenvalue weighted by Crippen LogP contribution is 2.28. The van der Waals surface area contributed by atoms with Gasteiger partial charge in [-0.3, -0.25) is 4.79 Å². The van der Waals surface area contributed by atoms with Crippen LogP contribution < -0.4 is 9.64 Å². The number of benzene rings is 1. The molecule has 0 unspecified atom stereocenters. The highest BCUT2D eigenvalue weighted by atomic mass is 16.5. The summed E-state index contributed by atoms with van der Waals surface area (Å²) in [6.45, 7) is 5.26. The SMILES string of the molecule is CCCn1ncc2ccc([C@H]3CCCN(C(=O)CCN(C)c4cccc(OC)c4)C3)nc21. The fourth-order valence-corrected chi connectivity index (χ4v) is 4.41. The van der Waals surface area contributed by atoms with Gasteiger partial charge in [0.2, 0.25) is 5.91 Å². The lowest BCUT2D eigenvalue weighted by Gasteiger charge is -2.33. The van der Waals surface area contributed by atoms with Crippen molar-refractivity contribution in [3.8, 4) is 5.75 Å². The van der Waals surface area contributed by atoms with Crippen molar-refractivity contribution in [3.05, 3.63) is 48.3 Å². The van der Waals surface area contributed by atoms with Crippen LogP contribution in [-0.4, -0.2) is 59.4 Å². The lowest BCUT2D eigenvalue weighted by Crippen LogP contribution is -2.40. The first-order valence-corrected chi connectivity index (χ1v) is 11.5. The van der Waals surface area contributed by atoms with Gasteiger partial charge in [0, 0.05) is 68.4 Å². The van der Waals surface area contributed by atoms with Crippen molar-refractivity contribution in [1.29, 1.82) is 0 Å². The summed E-state index contributed by atoms with van der Waals surface area (Å²) in [4.78, 5) is 22.0. The number of rotatable bonds is 8. The van der Waals surface area contributed by atoms with Crippen LogP contribution in [0.15, 0.2) is 42.6 Å². The maximum atomic E-state index is 13.0. The number of hydrogen-bond donors (Lipinski definition) is 0. The molecular formula is C25H33N5O2. The number of ether oxygens (including phenoxy) is 1. The number of nitrogens with zero attached hydrogens (tertiary/aromatic N) is 5. The first kappa shape index (κ1) is 22.1. The lowest BCUT2D eigenvalue weighted by atomic mass is 9.94. The van der Waals surface area contributed by atoms with Gasteiger partial charge in [-0.05, 0) is 43.5 Å². The van der Waals surface area contributed by atoms with Crippen molar-refractivity contribution < 1.29 is 9.53 Å². The van der Waals surface area contributed by atoms with Crippen LogP contribution in [-0.2, 0) is 11.3 Å². The summed E-state index contributed by atoms with van der Waals surface area (Å²) in [6, 6.07) is 12.1. The van der Waals surface area contributed by atoms with Crippen molar-refractivity contribution in [2.24, 2.45) is 0 Å². The number of amides is 1. The van der Waals surface area contributed by atoms with E-state index in [1.54, 1.807) is 7.11 Å². The van der Waals surface area contributed by atoms with Crippen molar-refractivity contribution in [2.45, 2.75) is 45.1 Å². The van der Waals surface area contributed by atoms with E-state index in [-0.39, 0.29) is 11.8 Å². The normalized spacial score (nSPS) is 16.3. The zero-order chi connectivity index (χ0) is 22.5. The molecule has 0 spiro atoms. The molecular weight excluding hydrogens is 402 g/mol. The number of aromatic nitrogens is 3. The van der Waals surface area contributed by atoms with Gasteiger partial charge >= 0.3 is 0 Å². The van der Waals surface area contributed by atoms with Crippen LogP contribution in [0.1, 0.15) is 44.2 Å². The molecule has 7 heteroatoms. The molecule has 1 aliphatic heterocycles. The van der Waals surface area contributed by atoms with Gasteiger partial charge in [-0.2, -0.15) is 5.10 Å². The second-order valence-electron chi connectivity index (χ2n) is 8.57. The van der Waals surface area contributed by atoms with E-state index in [1.165, 1.54) is 0 Å². The maximum Gasteiger partial charge on any atom is 0.224 e. The smallest absolute Gasteiger partial charge is 0.224 e. The molecule has 3 aromatic rings. The van der Waals surface area contributed by atoms with Crippen molar-refractivity contribution in [3.63, 3.8) is 0 Å². The molecule has 1 atom stereocenters. The monoisotopic (exact) mass is 435 g/mol. The Labute approximate surface area is 190 Å². The van der Waals surface area contributed by atoms with Gasteiger partial charge in [-0.15, -0.1) is 0 Å². The second kappa shape index (κ2) is 10.0. The molecule has 0 bridgehead atoms. The van der Waals surface area contributed by atoms with Gasteiger partial charge in [0.05, 0.1) is 13.3 Å². The molecule has 0 radical (unpaired) electrons. The molecule has 1 aliphatic rings. The number of hydrogen-bond acceptors (Lipinski definition) is 5. The molecule has 1 aromatic carbocycles. The average molecular weight is 436 g/mol. The summed E-state index contributed by atoms with van der Waals surface area (Å²) >= 11 is 0. The molecule has 2 aromatic heterocycles. The Morgan fingerprint density at radius 2 is 2.16 bits per heavy atom. The summed E-state index contributed by atoms with van der Waals surface area (Å²) in [5.74, 6) is 1.31. The van der Waals surface area contributed by atoms with E-state index in [2.05, 4.69) is 29.1 Å². The topological polar surface area (TPSA) is 63.5 Å². The third kappa shape index (κ3) is 4.87.